The summed E-state index contributed by atoms with van der Waals surface area (Å²) in [6.07, 6.45) is 2.17. The van der Waals surface area contributed by atoms with Gasteiger partial charge >= 0.3 is 0 Å². The third-order valence-corrected chi connectivity index (χ3v) is 4.76. The van der Waals surface area contributed by atoms with E-state index in [0.717, 1.165) is 31.5 Å². The molecule has 5 nitrogen and oxygen atoms in total. The van der Waals surface area contributed by atoms with Gasteiger partial charge in [-0.1, -0.05) is 44.2 Å². The first kappa shape index (κ1) is 15.6. The van der Waals surface area contributed by atoms with E-state index >= 15 is 0 Å². The normalized spacial score (nSPS) is 17.3. The molecule has 0 atom stereocenters. The summed E-state index contributed by atoms with van der Waals surface area (Å²) in [6.45, 7) is 6.36. The Morgan fingerprint density at radius 1 is 1.13 bits per heavy atom. The summed E-state index contributed by atoms with van der Waals surface area (Å²) < 4.78 is 1.62. The van der Waals surface area contributed by atoms with Gasteiger partial charge in [0.1, 0.15) is 5.82 Å². The van der Waals surface area contributed by atoms with Crippen molar-refractivity contribution in [2.75, 3.05) is 23.7 Å². The van der Waals surface area contributed by atoms with Crippen molar-refractivity contribution in [1.29, 1.82) is 0 Å². The Balaban J connectivity index is 2.01. The number of aromatic nitrogens is 2. The summed E-state index contributed by atoms with van der Waals surface area (Å²) in [6, 6.07) is 9.49. The van der Waals surface area contributed by atoms with Crippen molar-refractivity contribution in [2.24, 2.45) is 12.5 Å². The second kappa shape index (κ2) is 5.72. The fourth-order valence-corrected chi connectivity index (χ4v) is 3.08. The second-order valence-corrected chi connectivity index (χ2v) is 7.05. The van der Waals surface area contributed by atoms with Crippen LogP contribution in [0.3, 0.4) is 0 Å². The maximum atomic E-state index is 12.8. The van der Waals surface area contributed by atoms with Gasteiger partial charge in [0, 0.05) is 20.1 Å². The van der Waals surface area contributed by atoms with Crippen LogP contribution < -0.4 is 16.2 Å². The van der Waals surface area contributed by atoms with Crippen LogP contribution >= 0.6 is 0 Å². The average Bonchev–Trinajstić information content (AvgIpc) is 2.52. The van der Waals surface area contributed by atoms with Gasteiger partial charge in [0.25, 0.3) is 5.56 Å². The minimum atomic E-state index is -0.0940. The van der Waals surface area contributed by atoms with Gasteiger partial charge in [0.2, 0.25) is 5.95 Å². The van der Waals surface area contributed by atoms with Crippen molar-refractivity contribution in [3.8, 4) is 11.1 Å². The molecular formula is C18H24N4O. The molecule has 2 heterocycles. The highest BCUT2D eigenvalue weighted by Gasteiger charge is 2.28. The maximum Gasteiger partial charge on any atom is 0.264 e. The molecule has 1 aliphatic heterocycles. The number of benzene rings is 1. The molecule has 0 spiro atoms. The van der Waals surface area contributed by atoms with Gasteiger partial charge in [0.05, 0.1) is 5.56 Å². The summed E-state index contributed by atoms with van der Waals surface area (Å²) in [7, 11) is 1.77. The lowest BCUT2D eigenvalue weighted by Gasteiger charge is -2.38. The number of nitrogen functional groups attached to an aromatic ring is 1. The van der Waals surface area contributed by atoms with E-state index in [1.165, 1.54) is 0 Å². The summed E-state index contributed by atoms with van der Waals surface area (Å²) in [4.78, 5) is 19.5. The highest BCUT2D eigenvalue weighted by Crippen LogP contribution is 2.32. The lowest BCUT2D eigenvalue weighted by atomic mass is 9.83. The molecular weight excluding hydrogens is 288 g/mol. The topological polar surface area (TPSA) is 64.2 Å². The standard InChI is InChI=1S/C18H24N4O/c1-18(2)9-11-22(12-10-18)17-20-15(19)14(16(23)21(17)3)13-7-5-4-6-8-13/h4-8H,9-12,19H2,1-3H3. The predicted molar refractivity (Wildman–Crippen MR) is 94.6 cm³/mol. The van der Waals surface area contributed by atoms with Crippen LogP contribution in [0.2, 0.25) is 0 Å². The first-order valence-corrected chi connectivity index (χ1v) is 8.06. The largest absolute Gasteiger partial charge is 0.383 e. The van der Waals surface area contributed by atoms with Crippen molar-refractivity contribution >= 4 is 11.8 Å². The van der Waals surface area contributed by atoms with E-state index in [2.05, 4.69) is 23.7 Å². The summed E-state index contributed by atoms with van der Waals surface area (Å²) in [5.74, 6) is 0.974. The summed E-state index contributed by atoms with van der Waals surface area (Å²) in [5, 5.41) is 0. The van der Waals surface area contributed by atoms with E-state index in [9.17, 15) is 4.79 Å². The molecule has 23 heavy (non-hydrogen) atoms. The fourth-order valence-electron chi connectivity index (χ4n) is 3.08. The van der Waals surface area contributed by atoms with Crippen LogP contribution in [0.1, 0.15) is 26.7 Å². The van der Waals surface area contributed by atoms with Gasteiger partial charge in [-0.2, -0.15) is 4.98 Å². The molecule has 1 saturated heterocycles. The first-order valence-electron chi connectivity index (χ1n) is 8.06. The van der Waals surface area contributed by atoms with Crippen molar-refractivity contribution in [2.45, 2.75) is 26.7 Å². The Morgan fingerprint density at radius 2 is 1.74 bits per heavy atom. The molecule has 3 rings (SSSR count). The van der Waals surface area contributed by atoms with Gasteiger partial charge in [-0.25, -0.2) is 0 Å². The predicted octanol–water partition coefficient (Wildman–Crippen LogP) is 2.66. The zero-order valence-electron chi connectivity index (χ0n) is 14.0. The summed E-state index contributed by atoms with van der Waals surface area (Å²) in [5.41, 5.74) is 7.68. The fraction of sp³-hybridized carbons (Fsp3) is 0.444. The average molecular weight is 312 g/mol. The molecule has 1 fully saturated rings. The van der Waals surface area contributed by atoms with Crippen LogP contribution in [0.15, 0.2) is 35.1 Å². The minimum absolute atomic E-state index is 0.0940. The van der Waals surface area contributed by atoms with Crippen molar-refractivity contribution < 1.29 is 0 Å². The molecule has 0 aliphatic carbocycles. The minimum Gasteiger partial charge on any atom is -0.383 e. The van der Waals surface area contributed by atoms with Crippen LogP contribution in [0, 0.1) is 5.41 Å². The van der Waals surface area contributed by atoms with E-state index in [0.29, 0.717) is 22.7 Å². The zero-order valence-corrected chi connectivity index (χ0v) is 14.0. The number of hydrogen-bond donors (Lipinski definition) is 1. The Kier molecular flexibility index (Phi) is 3.88. The first-order chi connectivity index (χ1) is 10.9. The molecule has 5 heteroatoms. The van der Waals surface area contributed by atoms with E-state index in [1.54, 1.807) is 11.6 Å². The van der Waals surface area contributed by atoms with Gasteiger partial charge < -0.3 is 10.6 Å². The molecule has 1 aromatic carbocycles. The Bertz CT molecular complexity index is 755. The molecule has 1 aromatic heterocycles. The third-order valence-electron chi connectivity index (χ3n) is 4.76. The van der Waals surface area contributed by atoms with Crippen LogP contribution in [0.5, 0.6) is 0 Å². The van der Waals surface area contributed by atoms with E-state index in [4.69, 9.17) is 5.73 Å². The van der Waals surface area contributed by atoms with E-state index in [1.807, 2.05) is 30.3 Å². The van der Waals surface area contributed by atoms with Gasteiger partial charge in [-0.05, 0) is 23.8 Å². The lowest BCUT2D eigenvalue weighted by molar-refractivity contribution is 0.277. The van der Waals surface area contributed by atoms with Gasteiger partial charge in [0.15, 0.2) is 0 Å². The third kappa shape index (κ3) is 2.96. The van der Waals surface area contributed by atoms with Gasteiger partial charge in [-0.3, -0.25) is 9.36 Å². The number of piperidine rings is 1. The monoisotopic (exact) mass is 312 g/mol. The molecule has 1 aliphatic rings. The second-order valence-electron chi connectivity index (χ2n) is 7.05. The molecule has 0 unspecified atom stereocenters. The van der Waals surface area contributed by atoms with Crippen molar-refractivity contribution in [1.82, 2.24) is 9.55 Å². The summed E-state index contributed by atoms with van der Waals surface area (Å²) >= 11 is 0. The highest BCUT2D eigenvalue weighted by molar-refractivity contribution is 5.73. The molecule has 0 saturated carbocycles. The van der Waals surface area contributed by atoms with Crippen molar-refractivity contribution in [3.05, 3.63) is 40.7 Å². The Morgan fingerprint density at radius 3 is 2.35 bits per heavy atom. The Labute approximate surface area is 136 Å². The molecule has 122 valence electrons. The SMILES string of the molecule is Cn1c(N2CCC(C)(C)CC2)nc(N)c(-c2ccccc2)c1=O. The molecule has 0 bridgehead atoms. The molecule has 2 N–H and O–H groups in total. The van der Waals surface area contributed by atoms with Crippen LogP contribution in [0.4, 0.5) is 11.8 Å². The van der Waals surface area contributed by atoms with E-state index < -0.39 is 0 Å². The number of nitrogens with two attached hydrogens (primary N) is 1. The molecule has 0 radical (unpaired) electrons. The maximum absolute atomic E-state index is 12.8. The number of nitrogens with zero attached hydrogens (tertiary/aromatic N) is 3. The number of anilines is 2. The molecule has 2 aromatic rings. The zero-order chi connectivity index (χ0) is 16.6. The lowest BCUT2D eigenvalue weighted by Crippen LogP contribution is -2.41. The van der Waals surface area contributed by atoms with E-state index in [-0.39, 0.29) is 5.56 Å². The van der Waals surface area contributed by atoms with Crippen molar-refractivity contribution in [3.63, 3.8) is 0 Å². The van der Waals surface area contributed by atoms with Crippen LogP contribution in [-0.2, 0) is 7.05 Å². The van der Waals surface area contributed by atoms with Gasteiger partial charge in [-0.15, -0.1) is 0 Å². The van der Waals surface area contributed by atoms with Crippen LogP contribution in [0.25, 0.3) is 11.1 Å². The number of hydrogen-bond acceptors (Lipinski definition) is 4. The quantitative estimate of drug-likeness (QED) is 0.926. The Hall–Kier alpha value is -2.30. The number of rotatable bonds is 2. The van der Waals surface area contributed by atoms with Crippen LogP contribution in [-0.4, -0.2) is 22.6 Å². The molecule has 0 amide bonds. The highest BCUT2D eigenvalue weighted by atomic mass is 16.1. The smallest absolute Gasteiger partial charge is 0.264 e.